The second kappa shape index (κ2) is 5.90. The van der Waals surface area contributed by atoms with E-state index in [1.807, 2.05) is 45.9 Å². The van der Waals surface area contributed by atoms with Crippen molar-refractivity contribution in [2.24, 2.45) is 0 Å². The van der Waals surface area contributed by atoms with Crippen LogP contribution in [0.4, 0.5) is 0 Å². The fourth-order valence-corrected chi connectivity index (χ4v) is 1.99. The minimum Gasteiger partial charge on any atom is -0.444 e. The van der Waals surface area contributed by atoms with Crippen molar-refractivity contribution in [1.82, 2.24) is 10.3 Å². The molecule has 4 heteroatoms. The monoisotopic (exact) mass is 272 g/mol. The molecule has 20 heavy (non-hydrogen) atoms. The van der Waals surface area contributed by atoms with Crippen LogP contribution in [0.1, 0.15) is 52.9 Å². The highest BCUT2D eigenvalue weighted by molar-refractivity contribution is 5.95. The molecule has 0 spiro atoms. The van der Waals surface area contributed by atoms with Gasteiger partial charge in [-0.05, 0) is 25.5 Å². The number of aromatic nitrogens is 1. The van der Waals surface area contributed by atoms with Crippen LogP contribution in [-0.2, 0) is 6.54 Å². The van der Waals surface area contributed by atoms with E-state index in [2.05, 4.69) is 10.3 Å². The average molecular weight is 272 g/mol. The summed E-state index contributed by atoms with van der Waals surface area (Å²) in [6, 6.07) is 5.77. The van der Waals surface area contributed by atoms with Crippen molar-refractivity contribution in [2.75, 3.05) is 0 Å². The molecule has 0 fully saturated rings. The summed E-state index contributed by atoms with van der Waals surface area (Å²) in [5.41, 5.74) is 2.80. The maximum Gasteiger partial charge on any atom is 0.251 e. The van der Waals surface area contributed by atoms with Crippen molar-refractivity contribution < 1.29 is 9.21 Å². The van der Waals surface area contributed by atoms with Crippen molar-refractivity contribution in [3.05, 3.63) is 52.7 Å². The molecule has 0 saturated carbocycles. The van der Waals surface area contributed by atoms with Gasteiger partial charge in [-0.25, -0.2) is 4.98 Å². The van der Waals surface area contributed by atoms with E-state index in [-0.39, 0.29) is 5.91 Å². The first kappa shape index (κ1) is 14.3. The van der Waals surface area contributed by atoms with Gasteiger partial charge in [0.2, 0.25) is 5.89 Å². The molecule has 1 heterocycles. The number of oxazole rings is 1. The van der Waals surface area contributed by atoms with E-state index in [1.165, 1.54) is 0 Å². The lowest BCUT2D eigenvalue weighted by atomic mass is 10.1. The Balaban J connectivity index is 2.01. The fraction of sp³-hybridized carbons (Fsp3) is 0.375. The Labute approximate surface area is 119 Å². The highest BCUT2D eigenvalue weighted by atomic mass is 16.4. The van der Waals surface area contributed by atoms with Gasteiger partial charge < -0.3 is 9.73 Å². The maximum absolute atomic E-state index is 12.1. The summed E-state index contributed by atoms with van der Waals surface area (Å²) >= 11 is 0. The summed E-state index contributed by atoms with van der Waals surface area (Å²) in [5.74, 6) is 1.56. The zero-order valence-corrected chi connectivity index (χ0v) is 12.4. The third-order valence-corrected chi connectivity index (χ3v) is 3.17. The molecule has 0 bridgehead atoms. The van der Waals surface area contributed by atoms with Gasteiger partial charge in [-0.2, -0.15) is 0 Å². The summed E-state index contributed by atoms with van der Waals surface area (Å²) in [6.45, 7) is 8.33. The van der Waals surface area contributed by atoms with E-state index in [1.54, 1.807) is 6.20 Å². The molecular weight excluding hydrogens is 252 g/mol. The second-order valence-electron chi connectivity index (χ2n) is 5.31. The SMILES string of the molecule is Cc1ccc(C(=O)NCc2ncc(C(C)C)o2)c(C)c1. The molecular formula is C16H20N2O2. The molecule has 0 radical (unpaired) electrons. The highest BCUT2D eigenvalue weighted by Gasteiger charge is 2.11. The number of amides is 1. The lowest BCUT2D eigenvalue weighted by Gasteiger charge is -2.07. The number of carbonyl (C=O) groups excluding carboxylic acids is 1. The third-order valence-electron chi connectivity index (χ3n) is 3.17. The zero-order chi connectivity index (χ0) is 14.7. The topological polar surface area (TPSA) is 55.1 Å². The Kier molecular flexibility index (Phi) is 4.23. The summed E-state index contributed by atoms with van der Waals surface area (Å²) in [7, 11) is 0. The molecule has 0 atom stereocenters. The van der Waals surface area contributed by atoms with Crippen LogP contribution < -0.4 is 5.32 Å². The smallest absolute Gasteiger partial charge is 0.251 e. The quantitative estimate of drug-likeness (QED) is 0.928. The van der Waals surface area contributed by atoms with E-state index in [9.17, 15) is 4.79 Å². The Morgan fingerprint density at radius 1 is 1.35 bits per heavy atom. The van der Waals surface area contributed by atoms with E-state index in [0.29, 0.717) is 23.9 Å². The van der Waals surface area contributed by atoms with Crippen molar-refractivity contribution in [3.8, 4) is 0 Å². The van der Waals surface area contributed by atoms with Crippen molar-refractivity contribution in [3.63, 3.8) is 0 Å². The van der Waals surface area contributed by atoms with Crippen LogP contribution >= 0.6 is 0 Å². The first-order valence-corrected chi connectivity index (χ1v) is 6.77. The standard InChI is InChI=1S/C16H20N2O2/c1-10(2)14-8-17-15(20-14)9-18-16(19)13-6-5-11(3)7-12(13)4/h5-8,10H,9H2,1-4H3,(H,18,19). The second-order valence-corrected chi connectivity index (χ2v) is 5.31. The van der Waals surface area contributed by atoms with Gasteiger partial charge in [-0.3, -0.25) is 4.79 Å². The first-order valence-electron chi connectivity index (χ1n) is 6.77. The van der Waals surface area contributed by atoms with Gasteiger partial charge in [0.15, 0.2) is 0 Å². The van der Waals surface area contributed by atoms with Gasteiger partial charge in [0.1, 0.15) is 5.76 Å². The summed E-state index contributed by atoms with van der Waals surface area (Å²) in [4.78, 5) is 16.3. The molecule has 0 aliphatic heterocycles. The predicted molar refractivity (Wildman–Crippen MR) is 77.7 cm³/mol. The van der Waals surface area contributed by atoms with Crippen molar-refractivity contribution >= 4 is 5.91 Å². The van der Waals surface area contributed by atoms with Crippen molar-refractivity contribution in [1.29, 1.82) is 0 Å². The van der Waals surface area contributed by atoms with Gasteiger partial charge in [0.25, 0.3) is 5.91 Å². The summed E-state index contributed by atoms with van der Waals surface area (Å²) in [5, 5.41) is 2.83. The minimum atomic E-state index is -0.105. The highest BCUT2D eigenvalue weighted by Crippen LogP contribution is 2.15. The number of aryl methyl sites for hydroxylation is 2. The Bertz CT molecular complexity index is 615. The van der Waals surface area contributed by atoms with E-state index in [4.69, 9.17) is 4.42 Å². The van der Waals surface area contributed by atoms with Crippen LogP contribution in [0.25, 0.3) is 0 Å². The molecule has 0 aliphatic carbocycles. The number of nitrogens with one attached hydrogen (secondary N) is 1. The van der Waals surface area contributed by atoms with Gasteiger partial charge in [-0.1, -0.05) is 31.5 Å². The summed E-state index contributed by atoms with van der Waals surface area (Å²) < 4.78 is 5.55. The molecule has 0 unspecified atom stereocenters. The van der Waals surface area contributed by atoms with Gasteiger partial charge >= 0.3 is 0 Å². The van der Waals surface area contributed by atoms with Gasteiger partial charge in [0.05, 0.1) is 12.7 Å². The van der Waals surface area contributed by atoms with Crippen LogP contribution in [0.2, 0.25) is 0 Å². The number of nitrogens with zero attached hydrogens (tertiary/aromatic N) is 1. The van der Waals surface area contributed by atoms with Crippen LogP contribution in [0.3, 0.4) is 0 Å². The van der Waals surface area contributed by atoms with Gasteiger partial charge in [-0.15, -0.1) is 0 Å². The number of rotatable bonds is 4. The fourth-order valence-electron chi connectivity index (χ4n) is 1.99. The molecule has 1 N–H and O–H groups in total. The number of hydrogen-bond donors (Lipinski definition) is 1. The third kappa shape index (κ3) is 3.26. The normalized spacial score (nSPS) is 10.8. The lowest BCUT2D eigenvalue weighted by Crippen LogP contribution is -2.23. The van der Waals surface area contributed by atoms with Gasteiger partial charge in [0, 0.05) is 11.5 Å². The maximum atomic E-state index is 12.1. The molecule has 1 aromatic heterocycles. The molecule has 1 aromatic carbocycles. The molecule has 1 amide bonds. The molecule has 4 nitrogen and oxygen atoms in total. The summed E-state index contributed by atoms with van der Waals surface area (Å²) in [6.07, 6.45) is 1.71. The van der Waals surface area contributed by atoms with Crippen LogP contribution in [0, 0.1) is 13.8 Å². The molecule has 2 rings (SSSR count). The number of benzene rings is 1. The largest absolute Gasteiger partial charge is 0.444 e. The molecule has 106 valence electrons. The average Bonchev–Trinajstić information content (AvgIpc) is 2.85. The first-order chi connectivity index (χ1) is 9.47. The Morgan fingerprint density at radius 3 is 2.70 bits per heavy atom. The van der Waals surface area contributed by atoms with E-state index >= 15 is 0 Å². The Hall–Kier alpha value is -2.10. The zero-order valence-electron chi connectivity index (χ0n) is 12.4. The molecule has 2 aromatic rings. The van der Waals surface area contributed by atoms with Crippen LogP contribution in [-0.4, -0.2) is 10.9 Å². The van der Waals surface area contributed by atoms with Crippen LogP contribution in [0.15, 0.2) is 28.8 Å². The van der Waals surface area contributed by atoms with Crippen LogP contribution in [0.5, 0.6) is 0 Å². The Morgan fingerprint density at radius 2 is 2.10 bits per heavy atom. The number of hydrogen-bond acceptors (Lipinski definition) is 3. The molecule has 0 saturated heterocycles. The number of carbonyl (C=O) groups is 1. The van der Waals surface area contributed by atoms with Crippen molar-refractivity contribution in [2.45, 2.75) is 40.2 Å². The predicted octanol–water partition coefficient (Wildman–Crippen LogP) is 3.34. The minimum absolute atomic E-state index is 0.105. The van der Waals surface area contributed by atoms with E-state index < -0.39 is 0 Å². The lowest BCUT2D eigenvalue weighted by molar-refractivity contribution is 0.0946. The van der Waals surface area contributed by atoms with E-state index in [0.717, 1.165) is 16.9 Å². The molecule has 0 aliphatic rings.